The van der Waals surface area contributed by atoms with Crippen molar-refractivity contribution in [1.29, 1.82) is 0 Å². The highest BCUT2D eigenvalue weighted by Gasteiger charge is 2.28. The molecule has 0 fully saturated rings. The maximum atomic E-state index is 12.5. The summed E-state index contributed by atoms with van der Waals surface area (Å²) in [5.74, 6) is -0.788. The van der Waals surface area contributed by atoms with Crippen molar-refractivity contribution in [2.45, 2.75) is 142 Å². The minimum atomic E-state index is -4.88. The number of hydrogen-bond donors (Lipinski definition) is 4. The van der Waals surface area contributed by atoms with Crippen LogP contribution in [0.1, 0.15) is 130 Å². The lowest BCUT2D eigenvalue weighted by Crippen LogP contribution is -2.30. The Morgan fingerprint density at radius 2 is 1.26 bits per heavy atom. The highest BCUT2D eigenvalue weighted by atomic mass is 31.2. The van der Waals surface area contributed by atoms with Gasteiger partial charge in [0.2, 0.25) is 0 Å². The molecule has 14 nitrogen and oxygen atoms in total. The van der Waals surface area contributed by atoms with Crippen molar-refractivity contribution in [2.24, 2.45) is 5.92 Å². The summed E-state index contributed by atoms with van der Waals surface area (Å²) in [5.41, 5.74) is 0. The van der Waals surface area contributed by atoms with E-state index in [2.05, 4.69) is 54.1 Å². The van der Waals surface area contributed by atoms with E-state index in [4.69, 9.17) is 23.8 Å². The first-order valence-corrected chi connectivity index (χ1v) is 22.2. The minimum absolute atomic E-state index is 0.0772. The molecule has 54 heavy (non-hydrogen) atoms. The van der Waals surface area contributed by atoms with Crippen LogP contribution in [0.4, 0.5) is 0 Å². The molecule has 0 aliphatic rings. The molecule has 1 unspecified atom stereocenters. The fraction of sp³-hybridized carbons (Fsp3) is 0.711. The maximum Gasteiger partial charge on any atom is 0.472 e. The van der Waals surface area contributed by atoms with E-state index in [1.807, 2.05) is 6.08 Å². The number of ketones is 1. The highest BCUT2D eigenvalue weighted by molar-refractivity contribution is 7.47. The largest absolute Gasteiger partial charge is 0.472 e. The lowest BCUT2D eigenvalue weighted by Gasteiger charge is -2.20. The molecule has 0 bridgehead atoms. The zero-order chi connectivity index (χ0) is 40.5. The van der Waals surface area contributed by atoms with Crippen molar-refractivity contribution in [3.05, 3.63) is 48.6 Å². The number of carbonyl (C=O) groups excluding carboxylic acids is 3. The van der Waals surface area contributed by atoms with E-state index in [0.717, 1.165) is 44.9 Å². The second-order valence-corrected chi connectivity index (χ2v) is 16.1. The van der Waals surface area contributed by atoms with Crippen LogP contribution < -0.4 is 0 Å². The van der Waals surface area contributed by atoms with Crippen LogP contribution in [0.5, 0.6) is 0 Å². The van der Waals surface area contributed by atoms with Gasteiger partial charge in [-0.05, 0) is 50.5 Å². The van der Waals surface area contributed by atoms with Crippen LogP contribution in [0.3, 0.4) is 0 Å². The molecule has 0 aliphatic carbocycles. The number of rotatable bonds is 35. The van der Waals surface area contributed by atoms with Gasteiger partial charge in [-0.15, -0.1) is 0 Å². The molecule has 16 heteroatoms. The summed E-state index contributed by atoms with van der Waals surface area (Å²) in [6.45, 7) is 3.61. The smallest absolute Gasteiger partial charge is 0.462 e. The Bertz CT molecular complexity index is 1220. The summed E-state index contributed by atoms with van der Waals surface area (Å²) >= 11 is 0. The number of hydrogen-bond acceptors (Lipinski definition) is 11. The standard InChI is InChI=1S/C38H66O14P2/c1-4-5-6-7-8-9-10-11-12-13-14-18-21-25-34(39)26-23-28-37(41)48-31-36(52-38(42)27-22-19-16-15-17-20-24-33(2)3)32-51-54(46,47)50-30-35(40)29-49-53(43,44)45/h8-9,11-12,14,18,21,25,33,35-36,40H,4-7,10,13,15-17,19-20,22-24,26-32H2,1-3H3,(H,46,47)(H2,43,44,45)/b9-8-,12-11-,18-14-,25-21+/t35-,36+/m0/s1. The third-order valence-corrected chi connectivity index (χ3v) is 9.05. The Morgan fingerprint density at radius 1 is 0.648 bits per heavy atom. The molecule has 0 aromatic heterocycles. The first kappa shape index (κ1) is 51.8. The molecule has 0 radical (unpaired) electrons. The molecule has 4 N–H and O–H groups in total. The molecule has 0 spiro atoms. The van der Waals surface area contributed by atoms with E-state index in [9.17, 15) is 33.5 Å². The average molecular weight is 809 g/mol. The van der Waals surface area contributed by atoms with E-state index < -0.39 is 66.2 Å². The zero-order valence-electron chi connectivity index (χ0n) is 32.5. The normalized spacial score (nSPS) is 14.7. The summed E-state index contributed by atoms with van der Waals surface area (Å²) in [6.07, 6.45) is 26.0. The predicted molar refractivity (Wildman–Crippen MR) is 207 cm³/mol. The number of allylic oxidation sites excluding steroid dienone is 8. The highest BCUT2D eigenvalue weighted by Crippen LogP contribution is 2.43. The predicted octanol–water partition coefficient (Wildman–Crippen LogP) is 8.15. The summed E-state index contributed by atoms with van der Waals surface area (Å²) in [7, 11) is -9.73. The van der Waals surface area contributed by atoms with Gasteiger partial charge in [0.15, 0.2) is 11.9 Å². The number of aliphatic hydroxyl groups is 1. The SMILES string of the molecule is CCCCC/C=C\C/C=C\C/C=C\C=C\C(=O)CCCC(=O)OC[C@H](COP(=O)(O)OC[C@@H](O)COP(=O)(O)O)OC(=O)CCCCCCCCC(C)C. The topological polar surface area (TPSA) is 212 Å². The van der Waals surface area contributed by atoms with Gasteiger partial charge in [0.25, 0.3) is 0 Å². The molecule has 3 atom stereocenters. The van der Waals surface area contributed by atoms with Crippen LogP contribution in [0.25, 0.3) is 0 Å². The molecule has 0 saturated carbocycles. The first-order valence-electron chi connectivity index (χ1n) is 19.1. The van der Waals surface area contributed by atoms with E-state index in [-0.39, 0.29) is 31.5 Å². The average Bonchev–Trinajstić information content (AvgIpc) is 3.10. The summed E-state index contributed by atoms with van der Waals surface area (Å²) in [6, 6.07) is 0. The fourth-order valence-corrected chi connectivity index (χ4v) is 5.82. The molecule has 312 valence electrons. The number of ether oxygens (including phenoxy) is 2. The fourth-order valence-electron chi connectivity index (χ4n) is 4.66. The van der Waals surface area contributed by atoms with Gasteiger partial charge in [-0.25, -0.2) is 9.13 Å². The number of phosphoric ester groups is 2. The van der Waals surface area contributed by atoms with Crippen LogP contribution >= 0.6 is 15.6 Å². The molecule has 0 amide bonds. The van der Waals surface area contributed by atoms with Gasteiger partial charge in [-0.1, -0.05) is 115 Å². The van der Waals surface area contributed by atoms with Crippen LogP contribution in [0.2, 0.25) is 0 Å². The van der Waals surface area contributed by atoms with Gasteiger partial charge in [-0.3, -0.25) is 28.0 Å². The Kier molecular flexibility index (Phi) is 31.6. The van der Waals surface area contributed by atoms with Gasteiger partial charge in [-0.2, -0.15) is 0 Å². The monoisotopic (exact) mass is 808 g/mol. The first-order chi connectivity index (χ1) is 25.6. The molecule has 0 aromatic rings. The quantitative estimate of drug-likeness (QED) is 0.0119. The number of aliphatic hydroxyl groups excluding tert-OH is 1. The van der Waals surface area contributed by atoms with Crippen molar-refractivity contribution < 1.29 is 66.3 Å². The van der Waals surface area contributed by atoms with Crippen molar-refractivity contribution in [2.75, 3.05) is 26.4 Å². The van der Waals surface area contributed by atoms with Crippen LogP contribution in [0, 0.1) is 5.92 Å². The van der Waals surface area contributed by atoms with Crippen molar-refractivity contribution in [1.82, 2.24) is 0 Å². The van der Waals surface area contributed by atoms with Crippen LogP contribution in [-0.2, 0) is 46.6 Å². The van der Waals surface area contributed by atoms with E-state index in [1.165, 1.54) is 38.2 Å². The second-order valence-electron chi connectivity index (χ2n) is 13.4. The number of carbonyl (C=O) groups is 3. The lowest BCUT2D eigenvalue weighted by molar-refractivity contribution is -0.161. The van der Waals surface area contributed by atoms with Gasteiger partial charge in [0, 0.05) is 19.3 Å². The Morgan fingerprint density at radius 3 is 1.94 bits per heavy atom. The van der Waals surface area contributed by atoms with E-state index in [0.29, 0.717) is 12.3 Å². The Labute approximate surface area is 322 Å². The molecular weight excluding hydrogens is 742 g/mol. The Hall–Kier alpha value is -2.25. The van der Waals surface area contributed by atoms with Gasteiger partial charge >= 0.3 is 27.6 Å². The molecule has 0 saturated heterocycles. The molecule has 0 rings (SSSR count). The lowest BCUT2D eigenvalue weighted by atomic mass is 10.0. The van der Waals surface area contributed by atoms with Gasteiger partial charge in [0.05, 0.1) is 19.8 Å². The van der Waals surface area contributed by atoms with Gasteiger partial charge in [0.1, 0.15) is 12.7 Å². The zero-order valence-corrected chi connectivity index (χ0v) is 34.3. The van der Waals surface area contributed by atoms with Crippen molar-refractivity contribution in [3.8, 4) is 0 Å². The number of unbranched alkanes of at least 4 members (excludes halogenated alkanes) is 8. The number of phosphoric acid groups is 2. The molecule has 0 heterocycles. The molecular formula is C38H66O14P2. The van der Waals surface area contributed by atoms with E-state index >= 15 is 0 Å². The second kappa shape index (κ2) is 32.9. The summed E-state index contributed by atoms with van der Waals surface area (Å²) < 4.78 is 47.3. The van der Waals surface area contributed by atoms with Gasteiger partial charge < -0.3 is 29.3 Å². The number of esters is 2. The van der Waals surface area contributed by atoms with Crippen molar-refractivity contribution in [3.63, 3.8) is 0 Å². The summed E-state index contributed by atoms with van der Waals surface area (Å²) in [4.78, 5) is 64.5. The third kappa shape index (κ3) is 36.7. The van der Waals surface area contributed by atoms with Crippen molar-refractivity contribution >= 4 is 33.4 Å². The van der Waals surface area contributed by atoms with E-state index in [1.54, 1.807) is 12.2 Å². The third-order valence-electron chi connectivity index (χ3n) is 7.61. The summed E-state index contributed by atoms with van der Waals surface area (Å²) in [5, 5.41) is 9.69. The minimum Gasteiger partial charge on any atom is -0.462 e. The Balaban J connectivity index is 4.75. The molecule has 0 aliphatic heterocycles. The molecule has 0 aromatic carbocycles. The van der Waals surface area contributed by atoms with Crippen LogP contribution in [-0.4, -0.2) is 76.1 Å². The van der Waals surface area contributed by atoms with Crippen LogP contribution in [0.15, 0.2) is 48.6 Å². The maximum absolute atomic E-state index is 12.5.